The van der Waals surface area contributed by atoms with Crippen LogP contribution in [0.2, 0.25) is 0 Å². The molecule has 0 aliphatic heterocycles. The molecule has 0 saturated heterocycles. The molecule has 2 nitrogen and oxygen atoms in total. The highest BCUT2D eigenvalue weighted by Gasteiger charge is 2.46. The first-order valence-electron chi connectivity index (χ1n) is 8.15. The average molecular weight is 362 g/mol. The normalized spacial score (nSPS) is 12.6. The lowest BCUT2D eigenvalue weighted by Crippen LogP contribution is -2.34. The molecular formula is C20H18F4N2. The van der Waals surface area contributed by atoms with Crippen LogP contribution in [0.25, 0.3) is 22.2 Å². The predicted molar refractivity (Wildman–Crippen MR) is 93.2 cm³/mol. The van der Waals surface area contributed by atoms with Gasteiger partial charge in [0.15, 0.2) is 0 Å². The fourth-order valence-corrected chi connectivity index (χ4v) is 2.93. The van der Waals surface area contributed by atoms with Gasteiger partial charge >= 0.3 is 6.18 Å². The third kappa shape index (κ3) is 3.41. The maximum atomic E-state index is 13.4. The smallest absolute Gasteiger partial charge is 0.236 e. The van der Waals surface area contributed by atoms with Crippen molar-refractivity contribution in [1.82, 2.24) is 9.97 Å². The van der Waals surface area contributed by atoms with Gasteiger partial charge in [-0.05, 0) is 48.7 Å². The SMILES string of the molecule is Cc1cc(F)ccc1-c1ncnc2cc(CC(C)(C)C(F)(F)F)ccc12. The topological polar surface area (TPSA) is 25.8 Å². The molecule has 0 bridgehead atoms. The Hall–Kier alpha value is -2.50. The molecule has 0 aliphatic carbocycles. The van der Waals surface area contributed by atoms with Gasteiger partial charge in [-0.1, -0.05) is 26.0 Å². The van der Waals surface area contributed by atoms with Crippen LogP contribution < -0.4 is 0 Å². The molecule has 26 heavy (non-hydrogen) atoms. The molecule has 1 heterocycles. The number of benzene rings is 2. The minimum Gasteiger partial charge on any atom is -0.236 e. The Bertz CT molecular complexity index is 962. The number of halogens is 4. The van der Waals surface area contributed by atoms with E-state index in [4.69, 9.17) is 0 Å². The van der Waals surface area contributed by atoms with Crippen LogP contribution in [0.3, 0.4) is 0 Å². The van der Waals surface area contributed by atoms with Gasteiger partial charge in [-0.25, -0.2) is 14.4 Å². The van der Waals surface area contributed by atoms with E-state index in [-0.39, 0.29) is 12.2 Å². The third-order valence-corrected chi connectivity index (χ3v) is 4.56. The van der Waals surface area contributed by atoms with Crippen molar-refractivity contribution in [2.75, 3.05) is 0 Å². The van der Waals surface area contributed by atoms with E-state index in [1.807, 2.05) is 0 Å². The van der Waals surface area contributed by atoms with Crippen molar-refractivity contribution in [3.05, 3.63) is 59.7 Å². The predicted octanol–water partition coefficient (Wildman–Crippen LogP) is 5.88. The van der Waals surface area contributed by atoms with E-state index in [1.54, 1.807) is 31.2 Å². The van der Waals surface area contributed by atoms with Gasteiger partial charge in [0.25, 0.3) is 0 Å². The molecule has 0 aliphatic rings. The molecule has 0 fully saturated rings. The van der Waals surface area contributed by atoms with Crippen molar-refractivity contribution >= 4 is 10.9 Å². The Labute approximate surface area is 148 Å². The van der Waals surface area contributed by atoms with Gasteiger partial charge in [0.2, 0.25) is 0 Å². The lowest BCUT2D eigenvalue weighted by molar-refractivity contribution is -0.211. The summed E-state index contributed by atoms with van der Waals surface area (Å²) < 4.78 is 52.8. The standard InChI is InChI=1S/C20H18F4N2/c1-12-8-14(21)5-7-15(12)18-16-6-4-13(9-17(16)25-11-26-18)10-19(2,3)20(22,23)24/h4-9,11H,10H2,1-3H3. The summed E-state index contributed by atoms with van der Waals surface area (Å²) >= 11 is 0. The van der Waals surface area contributed by atoms with Crippen molar-refractivity contribution in [2.24, 2.45) is 5.41 Å². The fraction of sp³-hybridized carbons (Fsp3) is 0.300. The van der Waals surface area contributed by atoms with Gasteiger partial charge in [-0.2, -0.15) is 13.2 Å². The van der Waals surface area contributed by atoms with E-state index in [0.29, 0.717) is 16.8 Å². The minimum atomic E-state index is -4.29. The lowest BCUT2D eigenvalue weighted by atomic mass is 9.85. The Morgan fingerprint density at radius 1 is 0.962 bits per heavy atom. The van der Waals surface area contributed by atoms with Gasteiger partial charge in [0.1, 0.15) is 12.1 Å². The lowest BCUT2D eigenvalue weighted by Gasteiger charge is -2.27. The monoisotopic (exact) mass is 362 g/mol. The quantitative estimate of drug-likeness (QED) is 0.544. The first-order chi connectivity index (χ1) is 12.1. The number of fused-ring (bicyclic) bond motifs is 1. The molecule has 0 atom stereocenters. The first-order valence-corrected chi connectivity index (χ1v) is 8.15. The molecule has 0 radical (unpaired) electrons. The van der Waals surface area contributed by atoms with Crippen molar-refractivity contribution in [3.8, 4) is 11.3 Å². The molecule has 3 aromatic rings. The molecule has 0 unspecified atom stereocenters. The van der Waals surface area contributed by atoms with Crippen LogP contribution in [-0.4, -0.2) is 16.1 Å². The van der Waals surface area contributed by atoms with Crippen molar-refractivity contribution in [3.63, 3.8) is 0 Å². The van der Waals surface area contributed by atoms with E-state index in [2.05, 4.69) is 9.97 Å². The Balaban J connectivity index is 2.06. The number of alkyl halides is 3. The zero-order chi connectivity index (χ0) is 19.1. The Kier molecular flexibility index (Phi) is 4.46. The van der Waals surface area contributed by atoms with Crippen LogP contribution in [0.1, 0.15) is 25.0 Å². The molecule has 3 rings (SSSR count). The molecule has 2 aromatic carbocycles. The number of hydrogen-bond donors (Lipinski definition) is 0. The zero-order valence-corrected chi connectivity index (χ0v) is 14.7. The minimum absolute atomic E-state index is 0.138. The maximum Gasteiger partial charge on any atom is 0.394 e. The highest BCUT2D eigenvalue weighted by molar-refractivity contribution is 5.93. The van der Waals surface area contributed by atoms with Crippen LogP contribution in [0, 0.1) is 18.2 Å². The fourth-order valence-electron chi connectivity index (χ4n) is 2.93. The van der Waals surface area contributed by atoms with Gasteiger partial charge in [-0.3, -0.25) is 0 Å². The van der Waals surface area contributed by atoms with Crippen molar-refractivity contribution < 1.29 is 17.6 Å². The van der Waals surface area contributed by atoms with E-state index in [1.165, 1.54) is 32.3 Å². The Morgan fingerprint density at radius 2 is 1.69 bits per heavy atom. The molecule has 0 amide bonds. The molecule has 0 N–H and O–H groups in total. The Morgan fingerprint density at radius 3 is 2.35 bits per heavy atom. The first kappa shape index (κ1) is 18.3. The van der Waals surface area contributed by atoms with Gasteiger partial charge in [0.05, 0.1) is 16.6 Å². The largest absolute Gasteiger partial charge is 0.394 e. The number of nitrogens with zero attached hydrogens (tertiary/aromatic N) is 2. The van der Waals surface area contributed by atoms with E-state index < -0.39 is 11.6 Å². The molecule has 0 spiro atoms. The maximum absolute atomic E-state index is 13.4. The molecular weight excluding hydrogens is 344 g/mol. The number of rotatable bonds is 3. The average Bonchev–Trinajstić information content (AvgIpc) is 2.53. The van der Waals surface area contributed by atoms with Crippen molar-refractivity contribution in [2.45, 2.75) is 33.4 Å². The molecule has 1 aromatic heterocycles. The van der Waals surface area contributed by atoms with Crippen LogP contribution in [0.15, 0.2) is 42.7 Å². The van der Waals surface area contributed by atoms with Crippen molar-refractivity contribution in [1.29, 1.82) is 0 Å². The summed E-state index contributed by atoms with van der Waals surface area (Å²) in [5.41, 5.74) is 1.42. The summed E-state index contributed by atoms with van der Waals surface area (Å²) in [4.78, 5) is 8.50. The van der Waals surface area contributed by atoms with Gasteiger partial charge < -0.3 is 0 Å². The molecule has 0 saturated carbocycles. The summed E-state index contributed by atoms with van der Waals surface area (Å²) in [6.07, 6.45) is -3.05. The number of aryl methyl sites for hydroxylation is 1. The summed E-state index contributed by atoms with van der Waals surface area (Å²) in [5.74, 6) is -0.332. The summed E-state index contributed by atoms with van der Waals surface area (Å²) in [6.45, 7) is 4.15. The summed E-state index contributed by atoms with van der Waals surface area (Å²) in [6, 6.07) is 9.48. The molecule has 136 valence electrons. The van der Waals surface area contributed by atoms with Crippen LogP contribution in [-0.2, 0) is 6.42 Å². The highest BCUT2D eigenvalue weighted by atomic mass is 19.4. The van der Waals surface area contributed by atoms with E-state index in [0.717, 1.165) is 16.5 Å². The summed E-state index contributed by atoms with van der Waals surface area (Å²) in [5, 5.41) is 0.718. The number of aromatic nitrogens is 2. The second kappa shape index (κ2) is 6.34. The number of hydrogen-bond acceptors (Lipinski definition) is 2. The highest BCUT2D eigenvalue weighted by Crippen LogP contribution is 2.40. The summed E-state index contributed by atoms with van der Waals surface area (Å²) in [7, 11) is 0. The van der Waals surface area contributed by atoms with Gasteiger partial charge in [-0.15, -0.1) is 0 Å². The second-order valence-electron chi connectivity index (χ2n) is 7.09. The van der Waals surface area contributed by atoms with Gasteiger partial charge in [0, 0.05) is 10.9 Å². The van der Waals surface area contributed by atoms with E-state index >= 15 is 0 Å². The van der Waals surface area contributed by atoms with E-state index in [9.17, 15) is 17.6 Å². The molecule has 6 heteroatoms. The van der Waals surface area contributed by atoms with Crippen LogP contribution >= 0.6 is 0 Å². The third-order valence-electron chi connectivity index (χ3n) is 4.56. The van der Waals surface area contributed by atoms with Crippen LogP contribution in [0.5, 0.6) is 0 Å². The second-order valence-corrected chi connectivity index (χ2v) is 7.09. The zero-order valence-electron chi connectivity index (χ0n) is 14.7. The van der Waals surface area contributed by atoms with Crippen LogP contribution in [0.4, 0.5) is 17.6 Å².